The molecule has 0 aliphatic rings. The zero-order valence-corrected chi connectivity index (χ0v) is 8.93. The highest BCUT2D eigenvalue weighted by Crippen LogP contribution is 2.03. The van der Waals surface area contributed by atoms with Crippen molar-refractivity contribution in [1.29, 1.82) is 0 Å². The second-order valence-corrected chi connectivity index (χ2v) is 3.28. The molecule has 0 heterocycles. The molecule has 2 N–H and O–H groups in total. The van der Waals surface area contributed by atoms with Gasteiger partial charge in [0.2, 0.25) is 0 Å². The summed E-state index contributed by atoms with van der Waals surface area (Å²) >= 11 is 0. The van der Waals surface area contributed by atoms with Crippen LogP contribution in [-0.4, -0.2) is 53.1 Å². The van der Waals surface area contributed by atoms with Crippen molar-refractivity contribution in [3.05, 3.63) is 0 Å². The number of carbonyl (C=O) groups is 1. The average Bonchev–Trinajstić information content (AvgIpc) is 2.13. The number of amides is 1. The number of aliphatic hydroxyl groups excluding tert-OH is 2. The van der Waals surface area contributed by atoms with Gasteiger partial charge in [-0.25, -0.2) is 4.79 Å². The van der Waals surface area contributed by atoms with Crippen LogP contribution in [0.25, 0.3) is 0 Å². The van der Waals surface area contributed by atoms with E-state index in [-0.39, 0.29) is 19.2 Å². The van der Waals surface area contributed by atoms with Gasteiger partial charge in [-0.15, -0.1) is 0 Å². The lowest BCUT2D eigenvalue weighted by molar-refractivity contribution is 0.0390. The molecule has 5 heteroatoms. The van der Waals surface area contributed by atoms with Crippen LogP contribution in [0, 0.1) is 0 Å². The van der Waals surface area contributed by atoms with Gasteiger partial charge in [-0.2, -0.15) is 0 Å². The molecule has 0 fully saturated rings. The molecule has 0 unspecified atom stereocenters. The van der Waals surface area contributed by atoms with Crippen LogP contribution in [0.1, 0.15) is 20.8 Å². The van der Waals surface area contributed by atoms with E-state index in [1.807, 2.05) is 13.8 Å². The molecule has 0 saturated heterocycles. The summed E-state index contributed by atoms with van der Waals surface area (Å²) in [4.78, 5) is 12.7. The van der Waals surface area contributed by atoms with E-state index in [2.05, 4.69) is 0 Å². The van der Waals surface area contributed by atoms with Gasteiger partial charge < -0.3 is 19.8 Å². The number of ether oxygens (including phenoxy) is 1. The molecule has 0 saturated carbocycles. The van der Waals surface area contributed by atoms with Gasteiger partial charge >= 0.3 is 6.09 Å². The van der Waals surface area contributed by atoms with Crippen LogP contribution >= 0.6 is 0 Å². The van der Waals surface area contributed by atoms with Crippen molar-refractivity contribution in [1.82, 2.24) is 4.90 Å². The van der Waals surface area contributed by atoms with E-state index < -0.39 is 12.2 Å². The van der Waals surface area contributed by atoms with Crippen molar-refractivity contribution in [3.8, 4) is 0 Å². The standard InChI is InChI=1S/C9H19NO4/c1-4-14-9(13)10(7(2)3)5-8(12)6-11/h7-8,11-12H,4-6H2,1-3H3/t8-/m0/s1. The molecule has 0 aromatic carbocycles. The average molecular weight is 205 g/mol. The third-order valence-electron chi connectivity index (χ3n) is 1.74. The first kappa shape index (κ1) is 13.2. The highest BCUT2D eigenvalue weighted by Gasteiger charge is 2.20. The molecule has 14 heavy (non-hydrogen) atoms. The molecular formula is C9H19NO4. The predicted molar refractivity (Wildman–Crippen MR) is 52.0 cm³/mol. The Balaban J connectivity index is 4.21. The van der Waals surface area contributed by atoms with Crippen LogP contribution in [-0.2, 0) is 4.74 Å². The molecule has 84 valence electrons. The zero-order valence-electron chi connectivity index (χ0n) is 8.93. The Morgan fingerprint density at radius 1 is 1.50 bits per heavy atom. The minimum absolute atomic E-state index is 0.0600. The van der Waals surface area contributed by atoms with Crippen LogP contribution < -0.4 is 0 Å². The molecule has 0 spiro atoms. The van der Waals surface area contributed by atoms with Crippen LogP contribution in [0.3, 0.4) is 0 Å². The highest BCUT2D eigenvalue weighted by molar-refractivity contribution is 5.67. The van der Waals surface area contributed by atoms with Crippen molar-refractivity contribution in [2.45, 2.75) is 32.9 Å². The number of carbonyl (C=O) groups excluding carboxylic acids is 1. The Morgan fingerprint density at radius 2 is 2.07 bits per heavy atom. The summed E-state index contributed by atoms with van der Waals surface area (Å²) in [5.41, 5.74) is 0. The van der Waals surface area contributed by atoms with Crippen molar-refractivity contribution >= 4 is 6.09 Å². The lowest BCUT2D eigenvalue weighted by Crippen LogP contribution is -2.43. The van der Waals surface area contributed by atoms with E-state index in [4.69, 9.17) is 9.84 Å². The fraction of sp³-hybridized carbons (Fsp3) is 0.889. The molecule has 0 rings (SSSR count). The van der Waals surface area contributed by atoms with Gasteiger partial charge in [-0.05, 0) is 20.8 Å². The van der Waals surface area contributed by atoms with Crippen molar-refractivity contribution in [3.63, 3.8) is 0 Å². The van der Waals surface area contributed by atoms with Crippen LogP contribution in [0.5, 0.6) is 0 Å². The van der Waals surface area contributed by atoms with Crippen molar-refractivity contribution in [2.75, 3.05) is 19.8 Å². The molecule has 0 radical (unpaired) electrons. The second kappa shape index (κ2) is 6.62. The minimum atomic E-state index is -0.915. The van der Waals surface area contributed by atoms with E-state index in [1.165, 1.54) is 4.90 Å². The minimum Gasteiger partial charge on any atom is -0.450 e. The summed E-state index contributed by atoms with van der Waals surface area (Å²) in [5, 5.41) is 17.8. The Kier molecular flexibility index (Phi) is 6.23. The zero-order chi connectivity index (χ0) is 11.1. The van der Waals surface area contributed by atoms with Crippen LogP contribution in [0.2, 0.25) is 0 Å². The molecule has 1 amide bonds. The third-order valence-corrected chi connectivity index (χ3v) is 1.74. The lowest BCUT2D eigenvalue weighted by atomic mass is 10.3. The molecule has 0 aliphatic carbocycles. The first-order chi connectivity index (χ1) is 6.52. The topological polar surface area (TPSA) is 70.0 Å². The Labute approximate surface area is 84.3 Å². The van der Waals surface area contributed by atoms with Gasteiger partial charge in [0.15, 0.2) is 0 Å². The fourth-order valence-corrected chi connectivity index (χ4v) is 0.987. The van der Waals surface area contributed by atoms with Gasteiger partial charge in [0.25, 0.3) is 0 Å². The number of aliphatic hydroxyl groups is 2. The van der Waals surface area contributed by atoms with Gasteiger partial charge in [-0.1, -0.05) is 0 Å². The van der Waals surface area contributed by atoms with Gasteiger partial charge in [-0.3, -0.25) is 0 Å². The quantitative estimate of drug-likeness (QED) is 0.673. The third kappa shape index (κ3) is 4.43. The first-order valence-electron chi connectivity index (χ1n) is 4.75. The van der Waals surface area contributed by atoms with Crippen molar-refractivity contribution in [2.24, 2.45) is 0 Å². The van der Waals surface area contributed by atoms with Gasteiger partial charge in [0.1, 0.15) is 0 Å². The Bertz CT molecular complexity index is 172. The smallest absolute Gasteiger partial charge is 0.410 e. The molecule has 0 bridgehead atoms. The van der Waals surface area contributed by atoms with E-state index in [0.29, 0.717) is 6.61 Å². The SMILES string of the molecule is CCOC(=O)N(C[C@H](O)CO)C(C)C. The molecule has 5 nitrogen and oxygen atoms in total. The Morgan fingerprint density at radius 3 is 2.43 bits per heavy atom. The molecule has 0 aromatic rings. The summed E-state index contributed by atoms with van der Waals surface area (Å²) in [6.07, 6.45) is -1.38. The van der Waals surface area contributed by atoms with E-state index >= 15 is 0 Å². The van der Waals surface area contributed by atoms with E-state index in [1.54, 1.807) is 6.92 Å². The fourth-order valence-electron chi connectivity index (χ4n) is 0.987. The number of hydrogen-bond acceptors (Lipinski definition) is 4. The predicted octanol–water partition coefficient (Wildman–Crippen LogP) is 0.206. The Hall–Kier alpha value is -0.810. The summed E-state index contributed by atoms with van der Waals surface area (Å²) in [6.45, 7) is 5.40. The maximum atomic E-state index is 11.3. The van der Waals surface area contributed by atoms with E-state index in [0.717, 1.165) is 0 Å². The first-order valence-corrected chi connectivity index (χ1v) is 4.75. The molecule has 1 atom stereocenters. The van der Waals surface area contributed by atoms with Gasteiger partial charge in [0, 0.05) is 6.04 Å². The number of nitrogens with zero attached hydrogens (tertiary/aromatic N) is 1. The second-order valence-electron chi connectivity index (χ2n) is 3.28. The summed E-state index contributed by atoms with van der Waals surface area (Å²) in [7, 11) is 0. The maximum Gasteiger partial charge on any atom is 0.410 e. The summed E-state index contributed by atoms with van der Waals surface area (Å²) < 4.78 is 4.80. The van der Waals surface area contributed by atoms with Crippen molar-refractivity contribution < 1.29 is 19.7 Å². The van der Waals surface area contributed by atoms with Gasteiger partial charge in [0.05, 0.1) is 25.9 Å². The van der Waals surface area contributed by atoms with E-state index in [9.17, 15) is 9.90 Å². The van der Waals surface area contributed by atoms with Crippen LogP contribution in [0.15, 0.2) is 0 Å². The number of hydrogen-bond donors (Lipinski definition) is 2. The summed E-state index contributed by atoms with van der Waals surface area (Å²) in [6, 6.07) is -0.0600. The number of rotatable bonds is 5. The highest BCUT2D eigenvalue weighted by atomic mass is 16.6. The van der Waals surface area contributed by atoms with Crippen LogP contribution in [0.4, 0.5) is 4.79 Å². The lowest BCUT2D eigenvalue weighted by Gasteiger charge is -2.27. The molecular weight excluding hydrogens is 186 g/mol. The molecule has 0 aliphatic heterocycles. The summed E-state index contributed by atoms with van der Waals surface area (Å²) in [5.74, 6) is 0. The molecule has 0 aromatic heterocycles. The maximum absolute atomic E-state index is 11.3. The normalized spacial score (nSPS) is 12.7. The monoisotopic (exact) mass is 205 g/mol. The largest absolute Gasteiger partial charge is 0.450 e.